The van der Waals surface area contributed by atoms with Gasteiger partial charge in [0.15, 0.2) is 6.10 Å². The molecule has 7 nitrogen and oxygen atoms in total. The Balaban J connectivity index is 2.02. The van der Waals surface area contributed by atoms with Crippen LogP contribution in [0.3, 0.4) is 0 Å². The van der Waals surface area contributed by atoms with Crippen LogP contribution in [-0.2, 0) is 14.3 Å². The summed E-state index contributed by atoms with van der Waals surface area (Å²) >= 11 is 0. The molecule has 1 aromatic heterocycles. The second-order valence-electron chi connectivity index (χ2n) is 7.04. The number of methoxy groups -OCH3 is 1. The van der Waals surface area contributed by atoms with Crippen LogP contribution in [0.5, 0.6) is 0 Å². The van der Waals surface area contributed by atoms with E-state index in [2.05, 4.69) is 17.2 Å². The average Bonchev–Trinajstić information content (AvgIpc) is 2.90. The highest BCUT2D eigenvalue weighted by atomic mass is 16.5. The summed E-state index contributed by atoms with van der Waals surface area (Å²) in [4.78, 5) is 39.5. The number of hydrogen-bond acceptors (Lipinski definition) is 5. The lowest BCUT2D eigenvalue weighted by Gasteiger charge is -2.30. The van der Waals surface area contributed by atoms with E-state index in [0.29, 0.717) is 22.7 Å². The van der Waals surface area contributed by atoms with Crippen LogP contribution in [0.25, 0.3) is 0 Å². The fourth-order valence-electron chi connectivity index (χ4n) is 3.47. The van der Waals surface area contributed by atoms with Gasteiger partial charge in [-0.15, -0.1) is 0 Å². The molecule has 0 bridgehead atoms. The number of amides is 1. The predicted molar refractivity (Wildman–Crippen MR) is 96.0 cm³/mol. The average molecular weight is 364 g/mol. The number of ether oxygens (including phenoxy) is 2. The molecule has 0 spiro atoms. The smallest absolute Gasteiger partial charge is 0.355 e. The van der Waals surface area contributed by atoms with Crippen molar-refractivity contribution in [2.24, 2.45) is 5.92 Å². The van der Waals surface area contributed by atoms with Gasteiger partial charge >= 0.3 is 11.9 Å². The predicted octanol–water partition coefficient (Wildman–Crippen LogP) is 2.66. The number of aromatic amines is 1. The first kappa shape index (κ1) is 20.0. The van der Waals surface area contributed by atoms with Crippen LogP contribution in [0.2, 0.25) is 0 Å². The molecule has 0 radical (unpaired) electrons. The maximum absolute atomic E-state index is 12.4. The first-order valence-electron chi connectivity index (χ1n) is 9.05. The summed E-state index contributed by atoms with van der Waals surface area (Å²) in [6.45, 7) is 6.99. The van der Waals surface area contributed by atoms with Gasteiger partial charge in [0.25, 0.3) is 5.91 Å². The molecule has 0 saturated heterocycles. The fraction of sp³-hybridized carbons (Fsp3) is 0.632. The summed E-state index contributed by atoms with van der Waals surface area (Å²) in [6.07, 6.45) is 3.41. The summed E-state index contributed by atoms with van der Waals surface area (Å²) in [7, 11) is 1.28. The molecule has 2 rings (SSSR count). The molecule has 0 aromatic carbocycles. The van der Waals surface area contributed by atoms with Crippen LogP contribution in [0.4, 0.5) is 0 Å². The zero-order valence-electron chi connectivity index (χ0n) is 16.1. The van der Waals surface area contributed by atoms with Crippen LogP contribution in [-0.4, -0.2) is 42.1 Å². The molecule has 144 valence electrons. The van der Waals surface area contributed by atoms with Crippen LogP contribution < -0.4 is 5.32 Å². The van der Waals surface area contributed by atoms with Crippen molar-refractivity contribution in [1.82, 2.24) is 10.3 Å². The van der Waals surface area contributed by atoms with E-state index in [4.69, 9.17) is 9.47 Å². The van der Waals surface area contributed by atoms with E-state index >= 15 is 0 Å². The van der Waals surface area contributed by atoms with Crippen LogP contribution in [0.1, 0.15) is 71.6 Å². The number of nitrogens with one attached hydrogen (secondary N) is 2. The van der Waals surface area contributed by atoms with Gasteiger partial charge in [-0.2, -0.15) is 0 Å². The third kappa shape index (κ3) is 4.26. The molecule has 1 amide bonds. The molecule has 3 unspecified atom stereocenters. The quantitative estimate of drug-likeness (QED) is 0.783. The van der Waals surface area contributed by atoms with Gasteiger partial charge in [0.2, 0.25) is 0 Å². The molecule has 0 aliphatic heterocycles. The van der Waals surface area contributed by atoms with Crippen molar-refractivity contribution < 1.29 is 23.9 Å². The molecular weight excluding hydrogens is 336 g/mol. The van der Waals surface area contributed by atoms with E-state index in [1.807, 2.05) is 0 Å². The lowest BCUT2D eigenvalue weighted by atomic mass is 9.86. The van der Waals surface area contributed by atoms with Crippen LogP contribution >= 0.6 is 0 Å². The molecular formula is C19H28N2O5. The number of hydrogen-bond donors (Lipinski definition) is 2. The van der Waals surface area contributed by atoms with Crippen molar-refractivity contribution >= 4 is 17.8 Å². The fourth-order valence-corrected chi connectivity index (χ4v) is 3.47. The minimum Gasteiger partial charge on any atom is -0.465 e. The third-order valence-corrected chi connectivity index (χ3v) is 5.12. The largest absolute Gasteiger partial charge is 0.465 e. The Labute approximate surface area is 153 Å². The maximum atomic E-state index is 12.4. The molecule has 1 fully saturated rings. The Morgan fingerprint density at radius 1 is 1.15 bits per heavy atom. The van der Waals surface area contributed by atoms with Gasteiger partial charge < -0.3 is 19.8 Å². The second kappa shape index (κ2) is 8.38. The molecule has 1 aliphatic rings. The third-order valence-electron chi connectivity index (χ3n) is 5.12. The first-order valence-corrected chi connectivity index (χ1v) is 9.05. The molecule has 1 aliphatic carbocycles. The Morgan fingerprint density at radius 2 is 1.81 bits per heavy atom. The number of aromatic nitrogens is 1. The van der Waals surface area contributed by atoms with E-state index in [1.54, 1.807) is 20.8 Å². The van der Waals surface area contributed by atoms with Crippen molar-refractivity contribution in [2.45, 2.75) is 65.5 Å². The van der Waals surface area contributed by atoms with Crippen molar-refractivity contribution in [3.63, 3.8) is 0 Å². The summed E-state index contributed by atoms with van der Waals surface area (Å²) in [6, 6.07) is 0.123. The molecule has 1 heterocycles. The Hall–Kier alpha value is -2.31. The highest BCUT2D eigenvalue weighted by Crippen LogP contribution is 2.24. The Morgan fingerprint density at radius 3 is 2.42 bits per heavy atom. The summed E-state index contributed by atoms with van der Waals surface area (Å²) in [5.41, 5.74) is 1.45. The SMILES string of the molecule is COC(=O)c1c(C)[nH]c(C(=O)OC(C)C(=O)NC2CCCCC2C)c1C. The minimum absolute atomic E-state index is 0.123. The summed E-state index contributed by atoms with van der Waals surface area (Å²) in [5.74, 6) is -1.06. The maximum Gasteiger partial charge on any atom is 0.355 e. The van der Waals surface area contributed by atoms with Gasteiger partial charge in [-0.25, -0.2) is 9.59 Å². The lowest BCUT2D eigenvalue weighted by Crippen LogP contribution is -2.46. The van der Waals surface area contributed by atoms with Gasteiger partial charge in [-0.05, 0) is 45.1 Å². The molecule has 1 aromatic rings. The minimum atomic E-state index is -0.916. The van der Waals surface area contributed by atoms with E-state index < -0.39 is 18.0 Å². The van der Waals surface area contributed by atoms with E-state index in [9.17, 15) is 14.4 Å². The standard InChI is InChI=1S/C19H28N2O5/c1-10-8-6-7-9-14(10)21-17(22)13(4)26-19(24)16-11(2)15(12(3)20-16)18(23)25-5/h10,13-14,20H,6-9H2,1-5H3,(H,21,22). The van der Waals surface area contributed by atoms with Crippen molar-refractivity contribution in [3.05, 3.63) is 22.5 Å². The molecule has 26 heavy (non-hydrogen) atoms. The zero-order chi connectivity index (χ0) is 19.4. The van der Waals surface area contributed by atoms with Crippen molar-refractivity contribution in [1.29, 1.82) is 0 Å². The molecule has 2 N–H and O–H groups in total. The van der Waals surface area contributed by atoms with Gasteiger partial charge in [0.1, 0.15) is 5.69 Å². The highest BCUT2D eigenvalue weighted by Gasteiger charge is 2.28. The number of carbonyl (C=O) groups excluding carboxylic acids is 3. The second-order valence-corrected chi connectivity index (χ2v) is 7.04. The van der Waals surface area contributed by atoms with Crippen molar-refractivity contribution in [2.75, 3.05) is 7.11 Å². The molecule has 3 atom stereocenters. The molecule has 7 heteroatoms. The Bertz CT molecular complexity index is 694. The van der Waals surface area contributed by atoms with E-state index in [0.717, 1.165) is 19.3 Å². The Kier molecular flexibility index (Phi) is 6.45. The zero-order valence-corrected chi connectivity index (χ0v) is 16.1. The number of carbonyl (C=O) groups is 3. The van der Waals surface area contributed by atoms with Gasteiger partial charge in [-0.1, -0.05) is 19.8 Å². The van der Waals surface area contributed by atoms with Crippen molar-refractivity contribution in [3.8, 4) is 0 Å². The van der Waals surface area contributed by atoms with Gasteiger partial charge in [-0.3, -0.25) is 4.79 Å². The summed E-state index contributed by atoms with van der Waals surface area (Å²) in [5, 5.41) is 2.98. The highest BCUT2D eigenvalue weighted by molar-refractivity contribution is 5.99. The van der Waals surface area contributed by atoms with Gasteiger partial charge in [0, 0.05) is 11.7 Å². The lowest BCUT2D eigenvalue weighted by molar-refractivity contribution is -0.130. The van der Waals surface area contributed by atoms with E-state index in [1.165, 1.54) is 13.5 Å². The van der Waals surface area contributed by atoms with Crippen LogP contribution in [0.15, 0.2) is 0 Å². The number of rotatable bonds is 5. The summed E-state index contributed by atoms with van der Waals surface area (Å²) < 4.78 is 10.0. The van der Waals surface area contributed by atoms with Crippen LogP contribution in [0, 0.1) is 19.8 Å². The number of H-pyrrole nitrogens is 1. The number of esters is 2. The number of aryl methyl sites for hydroxylation is 1. The topological polar surface area (TPSA) is 97.5 Å². The molecule has 1 saturated carbocycles. The monoisotopic (exact) mass is 364 g/mol. The van der Waals surface area contributed by atoms with E-state index in [-0.39, 0.29) is 17.6 Å². The first-order chi connectivity index (χ1) is 12.3. The van der Waals surface area contributed by atoms with Gasteiger partial charge in [0.05, 0.1) is 12.7 Å². The normalized spacial score (nSPS) is 21.0.